The number of benzene rings is 1. The lowest BCUT2D eigenvalue weighted by Gasteiger charge is -2.37. The number of nitrogens with zero attached hydrogens (tertiary/aromatic N) is 2. The molecule has 1 saturated carbocycles. The Bertz CT molecular complexity index is 530. The molecule has 0 aromatic heterocycles. The van der Waals surface area contributed by atoms with Gasteiger partial charge in [-0.1, -0.05) is 31.4 Å². The van der Waals surface area contributed by atoms with Crippen LogP contribution in [0.1, 0.15) is 51.4 Å². The molecule has 0 bridgehead atoms. The van der Waals surface area contributed by atoms with E-state index in [-0.39, 0.29) is 5.82 Å². The average Bonchev–Trinajstić information content (AvgIpc) is 2.64. The third-order valence-corrected chi connectivity index (χ3v) is 5.69. The first-order valence-electron chi connectivity index (χ1n) is 9.48. The molecule has 1 unspecified atom stereocenters. The fraction of sp³-hybridized carbons (Fsp3) is 0.650. The molecule has 0 spiro atoms. The number of hydrogen-bond acceptors (Lipinski definition) is 2. The fourth-order valence-electron chi connectivity index (χ4n) is 4.29. The lowest BCUT2D eigenvalue weighted by atomic mass is 9.92. The lowest BCUT2D eigenvalue weighted by molar-refractivity contribution is -0.121. The van der Waals surface area contributed by atoms with Crippen molar-refractivity contribution in [3.05, 3.63) is 30.1 Å². The second-order valence-corrected chi connectivity index (χ2v) is 7.33. The molecule has 3 rings (SSSR count). The summed E-state index contributed by atoms with van der Waals surface area (Å²) in [6, 6.07) is 7.50. The van der Waals surface area contributed by atoms with Gasteiger partial charge in [0.2, 0.25) is 6.41 Å². The Kier molecular flexibility index (Phi) is 6.11. The van der Waals surface area contributed by atoms with Gasteiger partial charge in [-0.2, -0.15) is 0 Å². The maximum Gasteiger partial charge on any atom is 0.209 e. The van der Waals surface area contributed by atoms with Crippen LogP contribution in [0.25, 0.3) is 0 Å². The number of piperidine rings is 1. The van der Waals surface area contributed by atoms with Crippen LogP contribution in [0.4, 0.5) is 10.1 Å². The van der Waals surface area contributed by atoms with E-state index in [2.05, 4.69) is 4.90 Å². The van der Waals surface area contributed by atoms with Crippen molar-refractivity contribution < 1.29 is 9.18 Å². The van der Waals surface area contributed by atoms with Gasteiger partial charge in [0.05, 0.1) is 5.69 Å². The standard InChI is InChI=1S/C20H29FN2O/c21-19-10-4-5-11-20(19)22-13-6-7-17(15-22)12-14-23(16-24)18-8-2-1-3-9-18/h4-5,10-11,16-18H,1-3,6-9,12-15H2. The minimum atomic E-state index is -0.130. The second kappa shape index (κ2) is 8.50. The summed E-state index contributed by atoms with van der Waals surface area (Å²) in [5.41, 5.74) is 0.724. The monoisotopic (exact) mass is 332 g/mol. The summed E-state index contributed by atoms with van der Waals surface area (Å²) in [7, 11) is 0. The van der Waals surface area contributed by atoms with E-state index in [1.54, 1.807) is 6.07 Å². The van der Waals surface area contributed by atoms with Crippen molar-refractivity contribution >= 4 is 12.1 Å². The highest BCUT2D eigenvalue weighted by atomic mass is 19.1. The number of halogens is 1. The summed E-state index contributed by atoms with van der Waals surface area (Å²) in [6.07, 6.45) is 10.5. The predicted octanol–water partition coefficient (Wildman–Crippen LogP) is 4.22. The second-order valence-electron chi connectivity index (χ2n) is 7.33. The lowest BCUT2D eigenvalue weighted by Crippen LogP contribution is -2.40. The Morgan fingerprint density at radius 2 is 1.92 bits per heavy atom. The van der Waals surface area contributed by atoms with E-state index < -0.39 is 0 Å². The van der Waals surface area contributed by atoms with E-state index in [9.17, 15) is 9.18 Å². The van der Waals surface area contributed by atoms with Crippen LogP contribution in [0.15, 0.2) is 24.3 Å². The highest BCUT2D eigenvalue weighted by Crippen LogP contribution is 2.28. The molecule has 1 atom stereocenters. The zero-order valence-electron chi connectivity index (χ0n) is 14.5. The molecule has 24 heavy (non-hydrogen) atoms. The third-order valence-electron chi connectivity index (χ3n) is 5.69. The van der Waals surface area contributed by atoms with Crippen LogP contribution >= 0.6 is 0 Å². The van der Waals surface area contributed by atoms with Crippen LogP contribution in [-0.2, 0) is 4.79 Å². The van der Waals surface area contributed by atoms with Crippen molar-refractivity contribution in [2.24, 2.45) is 5.92 Å². The first-order chi connectivity index (χ1) is 11.8. The molecule has 132 valence electrons. The Morgan fingerprint density at radius 3 is 2.67 bits per heavy atom. The van der Waals surface area contributed by atoms with E-state index in [0.29, 0.717) is 12.0 Å². The zero-order chi connectivity index (χ0) is 16.8. The Hall–Kier alpha value is -1.58. The van der Waals surface area contributed by atoms with Crippen LogP contribution < -0.4 is 4.90 Å². The Balaban J connectivity index is 1.53. The molecule has 0 radical (unpaired) electrons. The molecule has 1 aromatic carbocycles. The number of hydrogen-bond donors (Lipinski definition) is 0. The zero-order valence-corrected chi connectivity index (χ0v) is 14.5. The Labute approximate surface area is 144 Å². The van der Waals surface area contributed by atoms with Crippen molar-refractivity contribution in [2.45, 2.75) is 57.4 Å². The highest BCUT2D eigenvalue weighted by Gasteiger charge is 2.24. The van der Waals surface area contributed by atoms with Crippen LogP contribution in [0.3, 0.4) is 0 Å². The number of amides is 1. The topological polar surface area (TPSA) is 23.6 Å². The van der Waals surface area contributed by atoms with Gasteiger partial charge >= 0.3 is 0 Å². The summed E-state index contributed by atoms with van der Waals surface area (Å²) in [5, 5.41) is 0. The first-order valence-corrected chi connectivity index (χ1v) is 9.48. The highest BCUT2D eigenvalue weighted by molar-refractivity contribution is 5.48. The van der Waals surface area contributed by atoms with Gasteiger partial charge in [-0.05, 0) is 50.2 Å². The normalized spacial score (nSPS) is 22.4. The molecule has 1 saturated heterocycles. The van der Waals surface area contributed by atoms with Gasteiger partial charge in [-0.25, -0.2) is 4.39 Å². The summed E-state index contributed by atoms with van der Waals surface area (Å²) < 4.78 is 14.0. The molecule has 3 nitrogen and oxygen atoms in total. The molecular weight excluding hydrogens is 303 g/mol. The van der Waals surface area contributed by atoms with E-state index in [4.69, 9.17) is 0 Å². The Morgan fingerprint density at radius 1 is 1.12 bits per heavy atom. The largest absolute Gasteiger partial charge is 0.369 e. The van der Waals surface area contributed by atoms with Crippen molar-refractivity contribution in [2.75, 3.05) is 24.5 Å². The van der Waals surface area contributed by atoms with Crippen molar-refractivity contribution in [1.29, 1.82) is 0 Å². The molecule has 1 aromatic rings. The molecular formula is C20H29FN2O. The first kappa shape index (κ1) is 17.2. The van der Waals surface area contributed by atoms with Crippen LogP contribution in [-0.4, -0.2) is 37.0 Å². The van der Waals surface area contributed by atoms with Gasteiger partial charge in [0.15, 0.2) is 0 Å². The van der Waals surface area contributed by atoms with E-state index in [0.717, 1.165) is 57.4 Å². The van der Waals surface area contributed by atoms with Crippen molar-refractivity contribution in [3.63, 3.8) is 0 Å². The van der Waals surface area contributed by atoms with E-state index in [1.807, 2.05) is 17.0 Å². The number of para-hydroxylation sites is 1. The number of carbonyl (C=O) groups excluding carboxylic acids is 1. The molecule has 2 aliphatic rings. The minimum Gasteiger partial charge on any atom is -0.369 e. The molecule has 1 heterocycles. The predicted molar refractivity (Wildman–Crippen MR) is 95.6 cm³/mol. The van der Waals surface area contributed by atoms with Gasteiger partial charge < -0.3 is 9.80 Å². The maximum absolute atomic E-state index is 14.0. The third kappa shape index (κ3) is 4.28. The quantitative estimate of drug-likeness (QED) is 0.728. The number of rotatable bonds is 6. The number of carbonyl (C=O) groups is 1. The molecule has 1 aliphatic carbocycles. The molecule has 1 amide bonds. The van der Waals surface area contributed by atoms with Gasteiger partial charge in [-0.15, -0.1) is 0 Å². The van der Waals surface area contributed by atoms with Gasteiger partial charge in [0, 0.05) is 25.7 Å². The molecule has 4 heteroatoms. The van der Waals surface area contributed by atoms with Crippen molar-refractivity contribution in [3.8, 4) is 0 Å². The molecule has 2 fully saturated rings. The van der Waals surface area contributed by atoms with Crippen LogP contribution in [0, 0.1) is 11.7 Å². The van der Waals surface area contributed by atoms with Crippen LogP contribution in [0.2, 0.25) is 0 Å². The van der Waals surface area contributed by atoms with Gasteiger partial charge in [0.1, 0.15) is 5.82 Å². The summed E-state index contributed by atoms with van der Waals surface area (Å²) in [6.45, 7) is 2.68. The molecule has 1 aliphatic heterocycles. The fourth-order valence-corrected chi connectivity index (χ4v) is 4.29. The summed E-state index contributed by atoms with van der Waals surface area (Å²) in [4.78, 5) is 15.7. The summed E-state index contributed by atoms with van der Waals surface area (Å²) >= 11 is 0. The van der Waals surface area contributed by atoms with Crippen molar-refractivity contribution in [1.82, 2.24) is 4.90 Å². The van der Waals surface area contributed by atoms with E-state index >= 15 is 0 Å². The number of anilines is 1. The average molecular weight is 332 g/mol. The van der Waals surface area contributed by atoms with Gasteiger partial charge in [0.25, 0.3) is 0 Å². The maximum atomic E-state index is 14.0. The SMILES string of the molecule is O=CN(CCC1CCCN(c2ccccc2F)C1)C1CCCCC1. The minimum absolute atomic E-state index is 0.130. The summed E-state index contributed by atoms with van der Waals surface area (Å²) in [5.74, 6) is 0.416. The molecule has 0 N–H and O–H groups in total. The van der Waals surface area contributed by atoms with Crippen LogP contribution in [0.5, 0.6) is 0 Å². The smallest absolute Gasteiger partial charge is 0.209 e. The van der Waals surface area contributed by atoms with E-state index in [1.165, 1.54) is 31.7 Å². The van der Waals surface area contributed by atoms with Gasteiger partial charge in [-0.3, -0.25) is 4.79 Å².